The van der Waals surface area contributed by atoms with E-state index in [0.717, 1.165) is 13.0 Å². The number of aryl methyl sites for hydroxylation is 4. The molecule has 1 N–H and O–H groups in total. The lowest BCUT2D eigenvalue weighted by atomic mass is 9.95. The molecule has 0 aliphatic heterocycles. The Balaban J connectivity index is 1.87. The van der Waals surface area contributed by atoms with Gasteiger partial charge in [0, 0.05) is 15.8 Å². The number of fused-ring (bicyclic) bond motifs is 1. The summed E-state index contributed by atoms with van der Waals surface area (Å²) in [7, 11) is 0. The van der Waals surface area contributed by atoms with Gasteiger partial charge in [-0.2, -0.15) is 0 Å². The minimum atomic E-state index is 0.463. The molecular weight excluding hydrogens is 274 g/mol. The third-order valence-electron chi connectivity index (χ3n) is 4.61. The van der Waals surface area contributed by atoms with Gasteiger partial charge in [0.1, 0.15) is 0 Å². The van der Waals surface area contributed by atoms with Crippen molar-refractivity contribution in [3.8, 4) is 0 Å². The lowest BCUT2D eigenvalue weighted by molar-refractivity contribution is 0.555. The number of hydrogen-bond donors (Lipinski definition) is 1. The molecular formula is C19H25NS. The molecule has 1 atom stereocenters. The molecule has 0 bridgehead atoms. The molecule has 0 radical (unpaired) electrons. The van der Waals surface area contributed by atoms with Gasteiger partial charge in [-0.05, 0) is 74.4 Å². The van der Waals surface area contributed by atoms with Crippen LogP contribution in [0, 0.1) is 13.8 Å². The fourth-order valence-corrected chi connectivity index (χ4v) is 4.75. The van der Waals surface area contributed by atoms with Crippen LogP contribution in [0.25, 0.3) is 0 Å². The topological polar surface area (TPSA) is 12.0 Å². The molecule has 1 aliphatic carbocycles. The number of thiophene rings is 1. The minimum Gasteiger partial charge on any atom is -0.309 e. The maximum Gasteiger partial charge on any atom is 0.0455 e. The second-order valence-electron chi connectivity index (χ2n) is 6.14. The molecule has 0 saturated carbocycles. The van der Waals surface area contributed by atoms with E-state index in [1.165, 1.54) is 40.8 Å². The van der Waals surface area contributed by atoms with Crippen molar-refractivity contribution in [2.45, 2.75) is 52.5 Å². The highest BCUT2D eigenvalue weighted by molar-refractivity contribution is 7.12. The summed E-state index contributed by atoms with van der Waals surface area (Å²) in [6, 6.07) is 9.56. The van der Waals surface area contributed by atoms with Gasteiger partial charge in [-0.3, -0.25) is 0 Å². The summed E-state index contributed by atoms with van der Waals surface area (Å²) in [5.41, 5.74) is 5.96. The molecule has 0 spiro atoms. The first-order valence-corrected chi connectivity index (χ1v) is 8.90. The predicted octanol–water partition coefficient (Wildman–Crippen LogP) is 4.75. The number of rotatable bonds is 5. The Morgan fingerprint density at radius 3 is 2.62 bits per heavy atom. The minimum absolute atomic E-state index is 0.463. The zero-order valence-electron chi connectivity index (χ0n) is 13.3. The highest BCUT2D eigenvalue weighted by Crippen LogP contribution is 2.35. The van der Waals surface area contributed by atoms with Crippen molar-refractivity contribution in [3.05, 3.63) is 56.3 Å². The number of nitrogens with one attached hydrogen (secondary N) is 1. The van der Waals surface area contributed by atoms with E-state index in [4.69, 9.17) is 0 Å². The third kappa shape index (κ3) is 3.07. The summed E-state index contributed by atoms with van der Waals surface area (Å²) in [6.45, 7) is 7.71. The average Bonchev–Trinajstić information content (AvgIpc) is 3.03. The average molecular weight is 299 g/mol. The van der Waals surface area contributed by atoms with Crippen molar-refractivity contribution in [1.82, 2.24) is 5.32 Å². The Hall–Kier alpha value is -1.12. The maximum atomic E-state index is 3.70. The van der Waals surface area contributed by atoms with Gasteiger partial charge in [0.25, 0.3) is 0 Å². The zero-order chi connectivity index (χ0) is 14.8. The Morgan fingerprint density at radius 2 is 1.95 bits per heavy atom. The van der Waals surface area contributed by atoms with Gasteiger partial charge in [0.15, 0.2) is 0 Å². The fraction of sp³-hybridized carbons (Fsp3) is 0.474. The van der Waals surface area contributed by atoms with Crippen molar-refractivity contribution in [2.24, 2.45) is 0 Å². The first-order valence-electron chi connectivity index (χ1n) is 8.09. The number of hydrogen-bond acceptors (Lipinski definition) is 2. The van der Waals surface area contributed by atoms with Crippen molar-refractivity contribution >= 4 is 11.3 Å². The summed E-state index contributed by atoms with van der Waals surface area (Å²) in [5, 5.41) is 3.70. The molecule has 0 saturated heterocycles. The molecule has 112 valence electrons. The smallest absolute Gasteiger partial charge is 0.0455 e. The largest absolute Gasteiger partial charge is 0.309 e. The van der Waals surface area contributed by atoms with Crippen LogP contribution in [0.15, 0.2) is 24.3 Å². The lowest BCUT2D eigenvalue weighted by Gasteiger charge is -2.19. The molecule has 1 aromatic carbocycles. The maximum absolute atomic E-state index is 3.70. The molecule has 1 aromatic heterocycles. The van der Waals surface area contributed by atoms with Crippen molar-refractivity contribution in [3.63, 3.8) is 0 Å². The van der Waals surface area contributed by atoms with E-state index in [9.17, 15) is 0 Å². The highest BCUT2D eigenvalue weighted by atomic mass is 32.1. The van der Waals surface area contributed by atoms with Crippen LogP contribution in [-0.4, -0.2) is 6.54 Å². The SMILES string of the molecule is CCNC(Cc1c(C)cccc1C)c1cc2c(s1)CCC2. The first kappa shape index (κ1) is 14.8. The lowest BCUT2D eigenvalue weighted by Crippen LogP contribution is -2.22. The van der Waals surface area contributed by atoms with Crippen LogP contribution >= 0.6 is 11.3 Å². The Kier molecular flexibility index (Phi) is 4.46. The van der Waals surface area contributed by atoms with Crippen LogP contribution in [0.5, 0.6) is 0 Å². The van der Waals surface area contributed by atoms with Gasteiger partial charge < -0.3 is 5.32 Å². The molecule has 2 aromatic rings. The zero-order valence-corrected chi connectivity index (χ0v) is 14.1. The molecule has 1 aliphatic rings. The third-order valence-corrected chi connectivity index (χ3v) is 5.96. The van der Waals surface area contributed by atoms with Gasteiger partial charge in [-0.25, -0.2) is 0 Å². The number of likely N-dealkylation sites (N-methyl/N-ethyl adjacent to an activating group) is 1. The van der Waals surface area contributed by atoms with E-state index in [-0.39, 0.29) is 0 Å². The molecule has 1 heterocycles. The Bertz CT molecular complexity index is 585. The van der Waals surface area contributed by atoms with Crippen molar-refractivity contribution in [2.75, 3.05) is 6.54 Å². The van der Waals surface area contributed by atoms with Gasteiger partial charge in [-0.1, -0.05) is 25.1 Å². The summed E-state index contributed by atoms with van der Waals surface area (Å²) in [6.07, 6.45) is 5.03. The summed E-state index contributed by atoms with van der Waals surface area (Å²) in [5.74, 6) is 0. The van der Waals surface area contributed by atoms with Crippen LogP contribution in [0.1, 0.15) is 51.4 Å². The van der Waals surface area contributed by atoms with Crippen LogP contribution in [0.3, 0.4) is 0 Å². The molecule has 21 heavy (non-hydrogen) atoms. The van der Waals surface area contributed by atoms with E-state index in [1.54, 1.807) is 10.4 Å². The van der Waals surface area contributed by atoms with Gasteiger partial charge >= 0.3 is 0 Å². The fourth-order valence-electron chi connectivity index (χ4n) is 3.42. The van der Waals surface area contributed by atoms with Gasteiger partial charge in [-0.15, -0.1) is 11.3 Å². The van der Waals surface area contributed by atoms with E-state index in [2.05, 4.69) is 50.4 Å². The monoisotopic (exact) mass is 299 g/mol. The number of benzene rings is 1. The highest BCUT2D eigenvalue weighted by Gasteiger charge is 2.21. The van der Waals surface area contributed by atoms with Crippen LogP contribution in [-0.2, 0) is 19.3 Å². The van der Waals surface area contributed by atoms with E-state index in [1.807, 2.05) is 11.3 Å². The van der Waals surface area contributed by atoms with Crippen molar-refractivity contribution in [1.29, 1.82) is 0 Å². The van der Waals surface area contributed by atoms with Gasteiger partial charge in [0.2, 0.25) is 0 Å². The summed E-state index contributed by atoms with van der Waals surface area (Å²) >= 11 is 2.04. The molecule has 3 rings (SSSR count). The molecule has 0 amide bonds. The Labute approximate surface area is 132 Å². The normalized spacial score (nSPS) is 15.2. The quantitative estimate of drug-likeness (QED) is 0.840. The summed E-state index contributed by atoms with van der Waals surface area (Å²) in [4.78, 5) is 3.17. The molecule has 1 unspecified atom stereocenters. The first-order chi connectivity index (χ1) is 10.2. The van der Waals surface area contributed by atoms with Gasteiger partial charge in [0.05, 0.1) is 0 Å². The van der Waals surface area contributed by atoms with E-state index < -0.39 is 0 Å². The predicted molar refractivity (Wildman–Crippen MR) is 92.4 cm³/mol. The summed E-state index contributed by atoms with van der Waals surface area (Å²) < 4.78 is 0. The second-order valence-corrected chi connectivity index (χ2v) is 7.30. The van der Waals surface area contributed by atoms with Crippen molar-refractivity contribution < 1.29 is 0 Å². The molecule has 0 fully saturated rings. The van der Waals surface area contributed by atoms with E-state index in [0.29, 0.717) is 6.04 Å². The van der Waals surface area contributed by atoms with Crippen LogP contribution in [0.4, 0.5) is 0 Å². The molecule has 2 heteroatoms. The second kappa shape index (κ2) is 6.33. The van der Waals surface area contributed by atoms with Crippen LogP contribution < -0.4 is 5.32 Å². The molecule has 1 nitrogen and oxygen atoms in total. The van der Waals surface area contributed by atoms with E-state index >= 15 is 0 Å². The Morgan fingerprint density at radius 1 is 1.19 bits per heavy atom. The standard InChI is InChI=1S/C19H25NS/c1-4-20-17(12-16-13(2)7-5-8-14(16)3)19-11-15-9-6-10-18(15)21-19/h5,7-8,11,17,20H,4,6,9-10,12H2,1-3H3. The van der Waals surface area contributed by atoms with Crippen LogP contribution in [0.2, 0.25) is 0 Å².